The Balaban J connectivity index is 2.22. The fourth-order valence-electron chi connectivity index (χ4n) is 2.02. The molecular weight excluding hydrogens is 210 g/mol. The maximum Gasteiger partial charge on any atom is 0.132 e. The molecule has 0 atom stereocenters. The lowest BCUT2D eigenvalue weighted by Gasteiger charge is -2.11. The van der Waals surface area contributed by atoms with Crippen molar-refractivity contribution in [3.8, 4) is 0 Å². The van der Waals surface area contributed by atoms with Crippen molar-refractivity contribution in [2.75, 3.05) is 17.7 Å². The first kappa shape index (κ1) is 10.7. The van der Waals surface area contributed by atoms with Crippen LogP contribution in [0, 0.1) is 0 Å². The minimum atomic E-state index is 0.610. The quantitative estimate of drug-likeness (QED) is 0.634. The molecular formula is C11H16ClN3. The molecule has 82 valence electrons. The molecule has 0 fully saturated rings. The normalized spacial score (nSPS) is 15.5. The van der Waals surface area contributed by atoms with Crippen LogP contribution in [0.3, 0.4) is 0 Å². The Bertz CT molecular complexity index is 328. The van der Waals surface area contributed by atoms with Gasteiger partial charge < -0.3 is 5.32 Å². The average Bonchev–Trinajstić information content (AvgIpc) is 2.51. The number of nitrogens with zero attached hydrogens (tertiary/aromatic N) is 2. The topological polar surface area (TPSA) is 37.8 Å². The molecule has 4 heteroatoms. The lowest BCUT2D eigenvalue weighted by Crippen LogP contribution is -2.09. The fourth-order valence-corrected chi connectivity index (χ4v) is 2.11. The summed E-state index contributed by atoms with van der Waals surface area (Å²) in [4.78, 5) is 8.65. The molecule has 0 unspecified atom stereocenters. The van der Waals surface area contributed by atoms with Gasteiger partial charge in [0, 0.05) is 23.7 Å². The monoisotopic (exact) mass is 225 g/mol. The first-order valence-corrected chi connectivity index (χ1v) is 6.08. The molecule has 1 aromatic rings. The summed E-state index contributed by atoms with van der Waals surface area (Å²) in [5, 5.41) is 3.27. The summed E-state index contributed by atoms with van der Waals surface area (Å²) in [6.45, 7) is 0.769. The van der Waals surface area contributed by atoms with Crippen molar-refractivity contribution in [1.29, 1.82) is 0 Å². The van der Waals surface area contributed by atoms with E-state index in [1.165, 1.54) is 30.5 Å². The number of hydrogen-bond acceptors (Lipinski definition) is 3. The number of fused-ring (bicyclic) bond motifs is 1. The second-order valence-electron chi connectivity index (χ2n) is 3.82. The van der Waals surface area contributed by atoms with Crippen LogP contribution in [0.15, 0.2) is 6.33 Å². The van der Waals surface area contributed by atoms with Gasteiger partial charge in [-0.25, -0.2) is 9.97 Å². The highest BCUT2D eigenvalue weighted by Crippen LogP contribution is 2.23. The predicted octanol–water partition coefficient (Wildman–Crippen LogP) is 2.40. The average molecular weight is 226 g/mol. The van der Waals surface area contributed by atoms with E-state index in [2.05, 4.69) is 15.3 Å². The molecule has 0 radical (unpaired) electrons. The summed E-state index contributed by atoms with van der Waals surface area (Å²) < 4.78 is 0. The van der Waals surface area contributed by atoms with E-state index < -0.39 is 0 Å². The Kier molecular flexibility index (Phi) is 3.78. The Hall–Kier alpha value is -0.830. The van der Waals surface area contributed by atoms with Crippen LogP contribution in [-0.4, -0.2) is 22.4 Å². The number of aryl methyl sites for hydroxylation is 1. The van der Waals surface area contributed by atoms with Crippen LogP contribution in [0.4, 0.5) is 5.82 Å². The molecule has 0 aliphatic heterocycles. The number of aromatic nitrogens is 2. The molecule has 0 amide bonds. The molecule has 3 nitrogen and oxygen atoms in total. The summed E-state index contributed by atoms with van der Waals surface area (Å²) in [6, 6.07) is 0. The molecule has 0 saturated carbocycles. The summed E-state index contributed by atoms with van der Waals surface area (Å²) in [5.41, 5.74) is 2.53. The summed E-state index contributed by atoms with van der Waals surface area (Å²) in [7, 11) is 0. The van der Waals surface area contributed by atoms with Crippen molar-refractivity contribution in [2.24, 2.45) is 0 Å². The van der Waals surface area contributed by atoms with Crippen LogP contribution in [0.1, 0.15) is 30.5 Å². The smallest absolute Gasteiger partial charge is 0.132 e. The number of alkyl halides is 1. The fraction of sp³-hybridized carbons (Fsp3) is 0.636. The lowest BCUT2D eigenvalue weighted by atomic mass is 10.1. The Morgan fingerprint density at radius 2 is 2.07 bits per heavy atom. The van der Waals surface area contributed by atoms with Crippen LogP contribution >= 0.6 is 11.6 Å². The van der Waals surface area contributed by atoms with Crippen molar-refractivity contribution >= 4 is 17.4 Å². The Labute approximate surface area is 95.3 Å². The maximum absolute atomic E-state index is 5.66. The van der Waals surface area contributed by atoms with Gasteiger partial charge in [-0.05, 0) is 25.7 Å². The highest BCUT2D eigenvalue weighted by atomic mass is 35.5. The number of rotatable bonds is 3. The summed E-state index contributed by atoms with van der Waals surface area (Å²) >= 11 is 5.66. The number of halogens is 1. The van der Waals surface area contributed by atoms with Gasteiger partial charge in [-0.2, -0.15) is 0 Å². The van der Waals surface area contributed by atoms with Crippen molar-refractivity contribution in [1.82, 2.24) is 9.97 Å². The van der Waals surface area contributed by atoms with E-state index in [1.54, 1.807) is 6.33 Å². The Morgan fingerprint density at radius 3 is 2.93 bits per heavy atom. The van der Waals surface area contributed by atoms with Crippen LogP contribution in [0.25, 0.3) is 0 Å². The molecule has 1 aromatic heterocycles. The molecule has 2 rings (SSSR count). The highest BCUT2D eigenvalue weighted by Gasteiger charge is 2.13. The molecule has 1 aliphatic carbocycles. The second kappa shape index (κ2) is 5.31. The molecule has 0 saturated heterocycles. The summed E-state index contributed by atoms with van der Waals surface area (Å²) in [6.07, 6.45) is 7.63. The minimum absolute atomic E-state index is 0.610. The largest absolute Gasteiger partial charge is 0.369 e. The minimum Gasteiger partial charge on any atom is -0.369 e. The molecule has 0 bridgehead atoms. The first-order chi connectivity index (χ1) is 7.42. The SMILES string of the molecule is ClCCNc1ncnc2c1CCCCC2. The van der Waals surface area contributed by atoms with E-state index in [4.69, 9.17) is 11.6 Å². The zero-order valence-electron chi connectivity index (χ0n) is 8.80. The molecule has 0 aromatic carbocycles. The van der Waals surface area contributed by atoms with E-state index in [1.807, 2.05) is 0 Å². The van der Waals surface area contributed by atoms with E-state index in [0.717, 1.165) is 25.2 Å². The van der Waals surface area contributed by atoms with Gasteiger partial charge in [-0.1, -0.05) is 6.42 Å². The standard InChI is InChI=1S/C11H16ClN3/c12-6-7-13-11-9-4-2-1-3-5-10(9)14-8-15-11/h8H,1-7H2,(H,13,14,15). The van der Waals surface area contributed by atoms with Gasteiger partial charge in [0.05, 0.1) is 0 Å². The van der Waals surface area contributed by atoms with Crippen molar-refractivity contribution in [2.45, 2.75) is 32.1 Å². The highest BCUT2D eigenvalue weighted by molar-refractivity contribution is 6.18. The molecule has 15 heavy (non-hydrogen) atoms. The third-order valence-electron chi connectivity index (χ3n) is 2.76. The molecule has 1 N–H and O–H groups in total. The van der Waals surface area contributed by atoms with Gasteiger partial charge in [-0.3, -0.25) is 0 Å². The van der Waals surface area contributed by atoms with Crippen LogP contribution in [0.5, 0.6) is 0 Å². The van der Waals surface area contributed by atoms with Gasteiger partial charge >= 0.3 is 0 Å². The number of nitrogens with one attached hydrogen (secondary N) is 1. The predicted molar refractivity (Wildman–Crippen MR) is 62.5 cm³/mol. The van der Waals surface area contributed by atoms with E-state index >= 15 is 0 Å². The third kappa shape index (κ3) is 2.59. The third-order valence-corrected chi connectivity index (χ3v) is 2.95. The zero-order chi connectivity index (χ0) is 10.5. The molecule has 1 heterocycles. The number of anilines is 1. The number of hydrogen-bond donors (Lipinski definition) is 1. The van der Waals surface area contributed by atoms with Gasteiger partial charge in [0.1, 0.15) is 12.1 Å². The van der Waals surface area contributed by atoms with Gasteiger partial charge in [0.25, 0.3) is 0 Å². The van der Waals surface area contributed by atoms with Crippen molar-refractivity contribution in [3.05, 3.63) is 17.6 Å². The van der Waals surface area contributed by atoms with Gasteiger partial charge in [-0.15, -0.1) is 11.6 Å². The van der Waals surface area contributed by atoms with E-state index in [-0.39, 0.29) is 0 Å². The van der Waals surface area contributed by atoms with E-state index in [9.17, 15) is 0 Å². The maximum atomic E-state index is 5.66. The van der Waals surface area contributed by atoms with Crippen molar-refractivity contribution < 1.29 is 0 Å². The summed E-state index contributed by atoms with van der Waals surface area (Å²) in [5.74, 6) is 1.60. The van der Waals surface area contributed by atoms with Crippen LogP contribution in [0.2, 0.25) is 0 Å². The van der Waals surface area contributed by atoms with Crippen molar-refractivity contribution in [3.63, 3.8) is 0 Å². The Morgan fingerprint density at radius 1 is 1.20 bits per heavy atom. The molecule has 0 spiro atoms. The van der Waals surface area contributed by atoms with Gasteiger partial charge in [0.2, 0.25) is 0 Å². The first-order valence-electron chi connectivity index (χ1n) is 5.54. The van der Waals surface area contributed by atoms with Crippen LogP contribution < -0.4 is 5.32 Å². The second-order valence-corrected chi connectivity index (χ2v) is 4.20. The van der Waals surface area contributed by atoms with Crippen LogP contribution in [-0.2, 0) is 12.8 Å². The molecule has 1 aliphatic rings. The van der Waals surface area contributed by atoms with Gasteiger partial charge in [0.15, 0.2) is 0 Å². The van der Waals surface area contributed by atoms with E-state index in [0.29, 0.717) is 5.88 Å². The lowest BCUT2D eigenvalue weighted by molar-refractivity contribution is 0.709. The zero-order valence-corrected chi connectivity index (χ0v) is 9.56.